The number of rotatable bonds is 7. The third-order valence-electron chi connectivity index (χ3n) is 3.37. The standard InChI is InChI=1S/C17H20N2O4/c1-12-8-11-23-15(12)17(22)19-10-5-9-18-16(21)14(20)13-6-3-2-4-7-13/h2-4,6-8,11,14,20H,5,9-10H2,1H3,(H,18,21)(H,19,22). The van der Waals surface area contributed by atoms with E-state index < -0.39 is 12.0 Å². The lowest BCUT2D eigenvalue weighted by atomic mass is 10.1. The summed E-state index contributed by atoms with van der Waals surface area (Å²) in [4.78, 5) is 23.6. The van der Waals surface area contributed by atoms with Crippen molar-refractivity contribution in [2.75, 3.05) is 13.1 Å². The Labute approximate surface area is 134 Å². The van der Waals surface area contributed by atoms with Gasteiger partial charge in [0.2, 0.25) is 0 Å². The number of nitrogens with one attached hydrogen (secondary N) is 2. The predicted molar refractivity (Wildman–Crippen MR) is 84.8 cm³/mol. The van der Waals surface area contributed by atoms with E-state index in [1.54, 1.807) is 37.3 Å². The molecule has 0 bridgehead atoms. The summed E-state index contributed by atoms with van der Waals surface area (Å²) >= 11 is 0. The van der Waals surface area contributed by atoms with Crippen LogP contribution in [0.2, 0.25) is 0 Å². The van der Waals surface area contributed by atoms with E-state index in [9.17, 15) is 14.7 Å². The van der Waals surface area contributed by atoms with Crippen molar-refractivity contribution in [2.45, 2.75) is 19.4 Å². The van der Waals surface area contributed by atoms with Crippen molar-refractivity contribution >= 4 is 11.8 Å². The van der Waals surface area contributed by atoms with E-state index in [4.69, 9.17) is 4.42 Å². The highest BCUT2D eigenvalue weighted by molar-refractivity contribution is 5.92. The van der Waals surface area contributed by atoms with Gasteiger partial charge in [-0.25, -0.2) is 0 Å². The molecule has 23 heavy (non-hydrogen) atoms. The average Bonchev–Trinajstić information content (AvgIpc) is 3.00. The highest BCUT2D eigenvalue weighted by Crippen LogP contribution is 2.11. The van der Waals surface area contributed by atoms with Gasteiger partial charge in [0.25, 0.3) is 11.8 Å². The van der Waals surface area contributed by atoms with Crippen LogP contribution < -0.4 is 10.6 Å². The molecular formula is C17H20N2O4. The molecule has 0 aliphatic heterocycles. The van der Waals surface area contributed by atoms with Crippen LogP contribution in [0.25, 0.3) is 0 Å². The summed E-state index contributed by atoms with van der Waals surface area (Å²) in [6.07, 6.45) is 0.838. The Morgan fingerprint density at radius 2 is 1.83 bits per heavy atom. The normalized spacial score (nSPS) is 11.7. The van der Waals surface area contributed by atoms with Gasteiger partial charge in [-0.3, -0.25) is 9.59 Å². The first-order chi connectivity index (χ1) is 11.1. The molecule has 1 aromatic heterocycles. The molecule has 0 saturated carbocycles. The van der Waals surface area contributed by atoms with Crippen LogP contribution >= 0.6 is 0 Å². The minimum Gasteiger partial charge on any atom is -0.459 e. The summed E-state index contributed by atoms with van der Waals surface area (Å²) < 4.78 is 5.09. The Morgan fingerprint density at radius 3 is 2.48 bits per heavy atom. The third kappa shape index (κ3) is 4.69. The van der Waals surface area contributed by atoms with Crippen molar-refractivity contribution in [1.29, 1.82) is 0 Å². The number of amides is 2. The molecule has 3 N–H and O–H groups in total. The number of carbonyl (C=O) groups excluding carboxylic acids is 2. The summed E-state index contributed by atoms with van der Waals surface area (Å²) in [5.41, 5.74) is 1.33. The second-order valence-corrected chi connectivity index (χ2v) is 5.15. The van der Waals surface area contributed by atoms with E-state index in [0.717, 1.165) is 5.56 Å². The fraction of sp³-hybridized carbons (Fsp3) is 0.294. The monoisotopic (exact) mass is 316 g/mol. The number of aliphatic hydroxyl groups excluding tert-OH is 1. The fourth-order valence-electron chi connectivity index (χ4n) is 2.07. The Bertz CT molecular complexity index is 652. The first-order valence-electron chi connectivity index (χ1n) is 7.42. The second-order valence-electron chi connectivity index (χ2n) is 5.15. The number of aliphatic hydroxyl groups is 1. The Hall–Kier alpha value is -2.60. The molecule has 1 heterocycles. The maximum absolute atomic E-state index is 11.8. The number of aryl methyl sites for hydroxylation is 1. The number of furan rings is 1. The van der Waals surface area contributed by atoms with Gasteiger partial charge < -0.3 is 20.2 Å². The summed E-state index contributed by atoms with van der Waals surface area (Å²) in [6, 6.07) is 10.4. The maximum Gasteiger partial charge on any atom is 0.287 e. The van der Waals surface area contributed by atoms with Crippen LogP contribution in [0.1, 0.15) is 34.2 Å². The number of hydrogen-bond acceptors (Lipinski definition) is 4. The molecule has 0 fully saturated rings. The molecule has 1 atom stereocenters. The van der Waals surface area contributed by atoms with E-state index in [-0.39, 0.29) is 5.91 Å². The van der Waals surface area contributed by atoms with Crippen molar-refractivity contribution in [1.82, 2.24) is 10.6 Å². The van der Waals surface area contributed by atoms with Crippen LogP contribution in [0.5, 0.6) is 0 Å². The molecule has 0 aliphatic rings. The fourth-order valence-corrected chi connectivity index (χ4v) is 2.07. The van der Waals surface area contributed by atoms with Gasteiger partial charge in [-0.1, -0.05) is 30.3 Å². The average molecular weight is 316 g/mol. The summed E-state index contributed by atoms with van der Waals surface area (Å²) in [5, 5.41) is 15.2. The minimum atomic E-state index is -1.18. The first-order valence-corrected chi connectivity index (χ1v) is 7.42. The predicted octanol–water partition coefficient (Wildman–Crippen LogP) is 1.56. The molecule has 1 unspecified atom stereocenters. The minimum absolute atomic E-state index is 0.275. The molecule has 2 aromatic rings. The van der Waals surface area contributed by atoms with Crippen molar-refractivity contribution in [2.24, 2.45) is 0 Å². The number of benzene rings is 1. The van der Waals surface area contributed by atoms with Gasteiger partial charge in [-0.15, -0.1) is 0 Å². The van der Waals surface area contributed by atoms with Gasteiger partial charge in [0.15, 0.2) is 11.9 Å². The zero-order chi connectivity index (χ0) is 16.7. The van der Waals surface area contributed by atoms with E-state index in [1.165, 1.54) is 6.26 Å². The van der Waals surface area contributed by atoms with Crippen LogP contribution in [0.15, 0.2) is 47.1 Å². The topological polar surface area (TPSA) is 91.6 Å². The van der Waals surface area contributed by atoms with E-state index in [0.29, 0.717) is 30.8 Å². The van der Waals surface area contributed by atoms with Gasteiger partial charge in [-0.2, -0.15) is 0 Å². The van der Waals surface area contributed by atoms with E-state index >= 15 is 0 Å². The van der Waals surface area contributed by atoms with Gasteiger partial charge in [-0.05, 0) is 25.0 Å². The van der Waals surface area contributed by atoms with Gasteiger partial charge in [0, 0.05) is 18.7 Å². The molecule has 2 amide bonds. The molecule has 0 saturated heterocycles. The zero-order valence-electron chi connectivity index (χ0n) is 12.9. The Kier molecular flexibility index (Phi) is 5.94. The number of hydrogen-bond donors (Lipinski definition) is 3. The highest BCUT2D eigenvalue weighted by atomic mass is 16.3. The maximum atomic E-state index is 11.8. The molecule has 1 aromatic carbocycles. The lowest BCUT2D eigenvalue weighted by Crippen LogP contribution is -2.32. The van der Waals surface area contributed by atoms with Crippen molar-refractivity contribution in [3.8, 4) is 0 Å². The van der Waals surface area contributed by atoms with E-state index in [1.807, 2.05) is 6.07 Å². The smallest absolute Gasteiger partial charge is 0.287 e. The Morgan fingerprint density at radius 1 is 1.13 bits per heavy atom. The van der Waals surface area contributed by atoms with Gasteiger partial charge in [0.1, 0.15) is 0 Å². The molecule has 2 rings (SSSR count). The van der Waals surface area contributed by atoms with Crippen molar-refractivity contribution in [3.05, 3.63) is 59.5 Å². The third-order valence-corrected chi connectivity index (χ3v) is 3.37. The van der Waals surface area contributed by atoms with Crippen LogP contribution in [-0.4, -0.2) is 30.0 Å². The van der Waals surface area contributed by atoms with Gasteiger partial charge in [0.05, 0.1) is 6.26 Å². The summed E-state index contributed by atoms with van der Waals surface area (Å²) in [5.74, 6) is -0.430. The van der Waals surface area contributed by atoms with Gasteiger partial charge >= 0.3 is 0 Å². The van der Waals surface area contributed by atoms with Crippen LogP contribution in [0, 0.1) is 6.92 Å². The molecule has 122 valence electrons. The van der Waals surface area contributed by atoms with Crippen molar-refractivity contribution in [3.63, 3.8) is 0 Å². The zero-order valence-corrected chi connectivity index (χ0v) is 12.9. The molecule has 0 spiro atoms. The number of carbonyl (C=O) groups is 2. The van der Waals surface area contributed by atoms with Crippen LogP contribution in [0.4, 0.5) is 0 Å². The lowest BCUT2D eigenvalue weighted by Gasteiger charge is -2.11. The van der Waals surface area contributed by atoms with E-state index in [2.05, 4.69) is 10.6 Å². The van der Waals surface area contributed by atoms with Crippen LogP contribution in [-0.2, 0) is 4.79 Å². The lowest BCUT2D eigenvalue weighted by molar-refractivity contribution is -0.129. The quantitative estimate of drug-likeness (QED) is 0.676. The molecule has 0 aliphatic carbocycles. The van der Waals surface area contributed by atoms with Crippen LogP contribution in [0.3, 0.4) is 0 Å². The largest absolute Gasteiger partial charge is 0.459 e. The molecule has 0 radical (unpaired) electrons. The highest BCUT2D eigenvalue weighted by Gasteiger charge is 2.16. The molecule has 6 heteroatoms. The summed E-state index contributed by atoms with van der Waals surface area (Å²) in [6.45, 7) is 2.56. The Balaban J connectivity index is 1.66. The molecular weight excluding hydrogens is 296 g/mol. The first kappa shape index (κ1) is 16.8. The van der Waals surface area contributed by atoms with Crippen molar-refractivity contribution < 1.29 is 19.1 Å². The summed E-state index contributed by atoms with van der Waals surface area (Å²) in [7, 11) is 0. The SMILES string of the molecule is Cc1ccoc1C(=O)NCCCNC(=O)C(O)c1ccccc1. The molecule has 6 nitrogen and oxygen atoms in total. The second kappa shape index (κ2) is 8.14.